The molecule has 0 aliphatic heterocycles. The molecule has 1 aromatic heterocycles. The van der Waals surface area contributed by atoms with Crippen LogP contribution in [0.3, 0.4) is 0 Å². The summed E-state index contributed by atoms with van der Waals surface area (Å²) in [4.78, 5) is 16.3. The van der Waals surface area contributed by atoms with Crippen LogP contribution in [-0.4, -0.2) is 21.0 Å². The van der Waals surface area contributed by atoms with Crippen LogP contribution >= 0.6 is 12.2 Å². The van der Waals surface area contributed by atoms with Gasteiger partial charge in [0.15, 0.2) is 4.77 Å². The molecule has 0 aromatic carbocycles. The molecule has 0 bridgehead atoms. The number of imidazole rings is 1. The predicted molar refractivity (Wildman–Crippen MR) is 49.5 cm³/mol. The number of aromatic amines is 2. The summed E-state index contributed by atoms with van der Waals surface area (Å²) in [5.74, 6) is -0.576. The molecule has 3 N–H and O–H groups in total. The van der Waals surface area contributed by atoms with Crippen LogP contribution in [-0.2, 0) is 0 Å². The van der Waals surface area contributed by atoms with Gasteiger partial charge >= 0.3 is 5.97 Å². The van der Waals surface area contributed by atoms with Crippen molar-refractivity contribution in [2.45, 2.75) is 25.2 Å². The van der Waals surface area contributed by atoms with E-state index in [1.165, 1.54) is 6.42 Å². The van der Waals surface area contributed by atoms with E-state index in [1.807, 2.05) is 0 Å². The molecule has 1 heterocycles. The quantitative estimate of drug-likeness (QED) is 0.637. The molecule has 0 unspecified atom stereocenters. The van der Waals surface area contributed by atoms with Crippen LogP contribution in [0.1, 0.15) is 41.4 Å². The topological polar surface area (TPSA) is 68.9 Å². The number of rotatable bonds is 2. The van der Waals surface area contributed by atoms with E-state index in [0.29, 0.717) is 10.7 Å². The van der Waals surface area contributed by atoms with E-state index in [1.54, 1.807) is 0 Å². The van der Waals surface area contributed by atoms with Crippen molar-refractivity contribution in [3.8, 4) is 0 Å². The zero-order valence-electron chi connectivity index (χ0n) is 6.96. The summed E-state index contributed by atoms with van der Waals surface area (Å²) in [5, 5.41) is 8.85. The Hall–Kier alpha value is -1.10. The third-order valence-corrected chi connectivity index (χ3v) is 2.69. The van der Waals surface area contributed by atoms with Crippen LogP contribution in [0, 0.1) is 4.77 Å². The number of hydrogen-bond donors (Lipinski definition) is 3. The summed E-state index contributed by atoms with van der Waals surface area (Å²) in [6.07, 6.45) is 3.29. The normalized spacial score (nSPS) is 16.9. The molecule has 5 heteroatoms. The Balaban J connectivity index is 2.42. The van der Waals surface area contributed by atoms with Gasteiger partial charge in [0.1, 0.15) is 5.69 Å². The van der Waals surface area contributed by atoms with Gasteiger partial charge in [-0.1, -0.05) is 6.42 Å². The maximum atomic E-state index is 10.8. The summed E-state index contributed by atoms with van der Waals surface area (Å²) in [6, 6.07) is 0. The van der Waals surface area contributed by atoms with Gasteiger partial charge in [-0.3, -0.25) is 0 Å². The molecule has 0 spiro atoms. The first-order valence-corrected chi connectivity index (χ1v) is 4.65. The molecule has 2 rings (SSSR count). The first-order valence-electron chi connectivity index (χ1n) is 4.24. The van der Waals surface area contributed by atoms with Crippen molar-refractivity contribution in [2.75, 3.05) is 0 Å². The van der Waals surface area contributed by atoms with Crippen LogP contribution in [0.25, 0.3) is 0 Å². The lowest BCUT2D eigenvalue weighted by Gasteiger charge is -2.24. The second-order valence-corrected chi connectivity index (χ2v) is 3.71. The van der Waals surface area contributed by atoms with Gasteiger partial charge < -0.3 is 15.1 Å². The van der Waals surface area contributed by atoms with Crippen LogP contribution in [0.4, 0.5) is 0 Å². The predicted octanol–water partition coefficient (Wildman–Crippen LogP) is 2.04. The van der Waals surface area contributed by atoms with Crippen LogP contribution in [0.15, 0.2) is 0 Å². The maximum absolute atomic E-state index is 10.8. The van der Waals surface area contributed by atoms with Gasteiger partial charge in [0.2, 0.25) is 0 Å². The second-order valence-electron chi connectivity index (χ2n) is 3.30. The largest absolute Gasteiger partial charge is 0.477 e. The van der Waals surface area contributed by atoms with Gasteiger partial charge in [0.25, 0.3) is 0 Å². The highest BCUT2D eigenvalue weighted by Gasteiger charge is 2.26. The number of carboxylic acids is 1. The number of carboxylic acid groups (broad SMARTS) is 1. The molecule has 0 atom stereocenters. The molecule has 13 heavy (non-hydrogen) atoms. The SMILES string of the molecule is O=C(O)c1[nH]c(=S)[nH]c1C1CCC1. The monoisotopic (exact) mass is 198 g/mol. The average Bonchev–Trinajstić information content (AvgIpc) is 2.27. The number of H-pyrrole nitrogens is 2. The molecular formula is C8H10N2O2S. The molecule has 4 nitrogen and oxygen atoms in total. The smallest absolute Gasteiger partial charge is 0.354 e. The van der Waals surface area contributed by atoms with Gasteiger partial charge in [-0.15, -0.1) is 0 Å². The molecular weight excluding hydrogens is 188 g/mol. The molecule has 0 radical (unpaired) electrons. The number of nitrogens with one attached hydrogen (secondary N) is 2. The lowest BCUT2D eigenvalue weighted by atomic mass is 9.82. The Labute approximate surface area is 80.0 Å². The fourth-order valence-corrected chi connectivity index (χ4v) is 1.78. The molecule has 1 aliphatic rings. The van der Waals surface area contributed by atoms with E-state index < -0.39 is 5.97 Å². The zero-order chi connectivity index (χ0) is 9.42. The highest BCUT2D eigenvalue weighted by molar-refractivity contribution is 7.71. The van der Waals surface area contributed by atoms with Crippen LogP contribution in [0.2, 0.25) is 0 Å². The van der Waals surface area contributed by atoms with Crippen molar-refractivity contribution in [3.63, 3.8) is 0 Å². The summed E-state index contributed by atoms with van der Waals surface area (Å²) < 4.78 is 0.402. The Morgan fingerprint density at radius 1 is 1.46 bits per heavy atom. The zero-order valence-corrected chi connectivity index (χ0v) is 7.78. The summed E-state index contributed by atoms with van der Waals surface area (Å²) in [7, 11) is 0. The highest BCUT2D eigenvalue weighted by Crippen LogP contribution is 2.36. The summed E-state index contributed by atoms with van der Waals surface area (Å²) in [6.45, 7) is 0. The van der Waals surface area contributed by atoms with Gasteiger partial charge in [-0.2, -0.15) is 0 Å². The first-order chi connectivity index (χ1) is 6.18. The molecule has 1 aromatic rings. The van der Waals surface area contributed by atoms with Gasteiger partial charge in [0.05, 0.1) is 5.69 Å². The standard InChI is InChI=1S/C8H10N2O2S/c11-7(12)6-5(4-2-1-3-4)9-8(13)10-6/h4H,1-3H2,(H,11,12)(H2,9,10,13). The van der Waals surface area contributed by atoms with E-state index in [-0.39, 0.29) is 5.69 Å². The molecule has 1 aliphatic carbocycles. The Morgan fingerprint density at radius 3 is 2.62 bits per heavy atom. The summed E-state index contributed by atoms with van der Waals surface area (Å²) in [5.41, 5.74) is 0.999. The number of hydrogen-bond acceptors (Lipinski definition) is 2. The Kier molecular flexibility index (Phi) is 1.95. The minimum absolute atomic E-state index is 0.231. The molecule has 1 saturated carbocycles. The fourth-order valence-electron chi connectivity index (χ4n) is 1.57. The van der Waals surface area contributed by atoms with Crippen molar-refractivity contribution in [3.05, 3.63) is 16.2 Å². The third-order valence-electron chi connectivity index (χ3n) is 2.48. The molecule has 1 fully saturated rings. The third kappa shape index (κ3) is 1.39. The number of carbonyl (C=O) groups is 1. The molecule has 0 saturated heterocycles. The van der Waals surface area contributed by atoms with Crippen molar-refractivity contribution in [1.82, 2.24) is 9.97 Å². The van der Waals surface area contributed by atoms with E-state index in [9.17, 15) is 4.79 Å². The summed E-state index contributed by atoms with van der Waals surface area (Å²) >= 11 is 4.86. The van der Waals surface area contributed by atoms with E-state index in [4.69, 9.17) is 17.3 Å². The minimum Gasteiger partial charge on any atom is -0.477 e. The maximum Gasteiger partial charge on any atom is 0.354 e. The van der Waals surface area contributed by atoms with E-state index >= 15 is 0 Å². The second kappa shape index (κ2) is 2.99. The van der Waals surface area contributed by atoms with E-state index in [2.05, 4.69) is 9.97 Å². The lowest BCUT2D eigenvalue weighted by molar-refractivity contribution is 0.0688. The Bertz CT molecular complexity index is 389. The van der Waals surface area contributed by atoms with Crippen molar-refractivity contribution in [1.29, 1.82) is 0 Å². The van der Waals surface area contributed by atoms with Crippen molar-refractivity contribution < 1.29 is 9.90 Å². The van der Waals surface area contributed by atoms with Gasteiger partial charge in [0, 0.05) is 5.92 Å². The van der Waals surface area contributed by atoms with Crippen molar-refractivity contribution in [2.24, 2.45) is 0 Å². The first kappa shape index (κ1) is 8.50. The van der Waals surface area contributed by atoms with Crippen LogP contribution in [0.5, 0.6) is 0 Å². The molecule has 0 amide bonds. The Morgan fingerprint density at radius 2 is 2.15 bits per heavy atom. The van der Waals surface area contributed by atoms with Gasteiger partial charge in [-0.05, 0) is 25.1 Å². The average molecular weight is 198 g/mol. The lowest BCUT2D eigenvalue weighted by Crippen LogP contribution is -2.13. The fraction of sp³-hybridized carbons (Fsp3) is 0.500. The molecule has 70 valence electrons. The van der Waals surface area contributed by atoms with Gasteiger partial charge in [-0.25, -0.2) is 4.79 Å². The number of aromatic carboxylic acids is 1. The highest BCUT2D eigenvalue weighted by atomic mass is 32.1. The number of aromatic nitrogens is 2. The van der Waals surface area contributed by atoms with Crippen molar-refractivity contribution >= 4 is 18.2 Å². The van der Waals surface area contributed by atoms with E-state index in [0.717, 1.165) is 18.5 Å². The minimum atomic E-state index is -0.936. The van der Waals surface area contributed by atoms with Crippen LogP contribution < -0.4 is 0 Å².